The highest BCUT2D eigenvalue weighted by Gasteiger charge is 2.21. The molecule has 0 aliphatic rings. The van der Waals surface area contributed by atoms with Gasteiger partial charge in [0.05, 0.1) is 0 Å². The molecule has 0 spiro atoms. The highest BCUT2D eigenvalue weighted by atomic mass is 32.1. The fourth-order valence-corrected chi connectivity index (χ4v) is 2.45. The van der Waals surface area contributed by atoms with Crippen molar-refractivity contribution in [2.45, 2.75) is 47.1 Å². The summed E-state index contributed by atoms with van der Waals surface area (Å²) in [5.41, 5.74) is 0.390. The van der Waals surface area contributed by atoms with Crippen LogP contribution in [0.15, 0.2) is 17.5 Å². The summed E-state index contributed by atoms with van der Waals surface area (Å²) in [6.45, 7) is 12.6. The highest BCUT2D eigenvalue weighted by Crippen LogP contribution is 2.27. The van der Waals surface area contributed by atoms with Crippen molar-refractivity contribution < 1.29 is 0 Å². The van der Waals surface area contributed by atoms with Crippen LogP contribution in [0.4, 0.5) is 0 Å². The van der Waals surface area contributed by atoms with E-state index in [2.05, 4.69) is 57.4 Å². The van der Waals surface area contributed by atoms with Crippen LogP contribution in [0.2, 0.25) is 0 Å². The van der Waals surface area contributed by atoms with Gasteiger partial charge >= 0.3 is 0 Å². The second kappa shape index (κ2) is 5.83. The fourth-order valence-electron chi connectivity index (χ4n) is 1.56. The quantitative estimate of drug-likeness (QED) is 0.799. The fraction of sp³-hybridized carbons (Fsp3) is 0.714. The van der Waals surface area contributed by atoms with Crippen LogP contribution in [0.25, 0.3) is 0 Å². The standard InChI is InChI=1S/C14H25NS/c1-6-12(13-8-7-9-16-13)15-10-11(2)14(3,4)5/h7-9,11-12,15H,6,10H2,1-5H3. The van der Waals surface area contributed by atoms with Gasteiger partial charge in [0.2, 0.25) is 0 Å². The number of hydrogen-bond acceptors (Lipinski definition) is 2. The maximum atomic E-state index is 3.69. The molecule has 0 bridgehead atoms. The van der Waals surface area contributed by atoms with Crippen molar-refractivity contribution in [3.63, 3.8) is 0 Å². The molecule has 1 heterocycles. The minimum absolute atomic E-state index is 0.390. The first kappa shape index (κ1) is 13.7. The van der Waals surface area contributed by atoms with Gasteiger partial charge in [-0.25, -0.2) is 0 Å². The van der Waals surface area contributed by atoms with Crippen molar-refractivity contribution in [2.75, 3.05) is 6.54 Å². The summed E-state index contributed by atoms with van der Waals surface area (Å²) < 4.78 is 0. The molecule has 0 aliphatic carbocycles. The first-order valence-corrected chi connectivity index (χ1v) is 7.10. The van der Waals surface area contributed by atoms with Gasteiger partial charge in [0.1, 0.15) is 0 Å². The van der Waals surface area contributed by atoms with Gasteiger partial charge < -0.3 is 5.32 Å². The first-order chi connectivity index (χ1) is 7.45. The summed E-state index contributed by atoms with van der Waals surface area (Å²) in [6, 6.07) is 4.90. The minimum Gasteiger partial charge on any atom is -0.309 e. The van der Waals surface area contributed by atoms with E-state index in [0.717, 1.165) is 13.0 Å². The van der Waals surface area contributed by atoms with Crippen molar-refractivity contribution in [2.24, 2.45) is 11.3 Å². The SMILES string of the molecule is CCC(NCC(C)C(C)(C)C)c1cccs1. The molecule has 0 amide bonds. The minimum atomic E-state index is 0.390. The molecular weight excluding hydrogens is 214 g/mol. The molecule has 2 unspecified atom stereocenters. The Morgan fingerprint density at radius 2 is 2.06 bits per heavy atom. The second-order valence-electron chi connectivity index (χ2n) is 5.65. The summed E-state index contributed by atoms with van der Waals surface area (Å²) in [5.74, 6) is 0.696. The van der Waals surface area contributed by atoms with Gasteiger partial charge in [-0.05, 0) is 35.7 Å². The molecule has 92 valence electrons. The zero-order chi connectivity index (χ0) is 12.2. The van der Waals surface area contributed by atoms with Gasteiger partial charge in [0.25, 0.3) is 0 Å². The average Bonchev–Trinajstić information content (AvgIpc) is 2.70. The maximum Gasteiger partial charge on any atom is 0.0412 e. The van der Waals surface area contributed by atoms with Gasteiger partial charge in [-0.3, -0.25) is 0 Å². The van der Waals surface area contributed by atoms with E-state index in [0.29, 0.717) is 17.4 Å². The van der Waals surface area contributed by atoms with E-state index in [1.807, 2.05) is 11.3 Å². The lowest BCUT2D eigenvalue weighted by Crippen LogP contribution is -2.31. The van der Waals surface area contributed by atoms with Gasteiger partial charge in [0.15, 0.2) is 0 Å². The monoisotopic (exact) mass is 239 g/mol. The van der Waals surface area contributed by atoms with Crippen LogP contribution in [-0.4, -0.2) is 6.54 Å². The Bertz CT molecular complexity index is 284. The Balaban J connectivity index is 2.47. The molecule has 16 heavy (non-hydrogen) atoms. The first-order valence-electron chi connectivity index (χ1n) is 6.22. The summed E-state index contributed by atoms with van der Waals surface area (Å²) in [4.78, 5) is 1.46. The van der Waals surface area contributed by atoms with Crippen LogP contribution in [0, 0.1) is 11.3 Å². The molecule has 2 atom stereocenters. The van der Waals surface area contributed by atoms with E-state index in [4.69, 9.17) is 0 Å². The third kappa shape index (κ3) is 3.91. The normalized spacial score (nSPS) is 16.1. The number of rotatable bonds is 5. The van der Waals surface area contributed by atoms with Crippen molar-refractivity contribution in [3.8, 4) is 0 Å². The molecule has 0 aliphatic heterocycles. The van der Waals surface area contributed by atoms with Crippen LogP contribution >= 0.6 is 11.3 Å². The van der Waals surface area contributed by atoms with E-state index >= 15 is 0 Å². The van der Waals surface area contributed by atoms with E-state index in [-0.39, 0.29) is 0 Å². The number of thiophene rings is 1. The largest absolute Gasteiger partial charge is 0.309 e. The van der Waals surface area contributed by atoms with Crippen molar-refractivity contribution >= 4 is 11.3 Å². The maximum absolute atomic E-state index is 3.69. The molecule has 0 fully saturated rings. The van der Waals surface area contributed by atoms with Crippen LogP contribution in [-0.2, 0) is 0 Å². The predicted molar refractivity (Wildman–Crippen MR) is 74.0 cm³/mol. The molecule has 1 nitrogen and oxygen atoms in total. The molecule has 0 saturated heterocycles. The topological polar surface area (TPSA) is 12.0 Å². The Morgan fingerprint density at radius 1 is 1.38 bits per heavy atom. The van der Waals surface area contributed by atoms with E-state index < -0.39 is 0 Å². The van der Waals surface area contributed by atoms with Gasteiger partial charge in [-0.15, -0.1) is 11.3 Å². The lowest BCUT2D eigenvalue weighted by Gasteiger charge is -2.29. The van der Waals surface area contributed by atoms with Crippen LogP contribution in [0.3, 0.4) is 0 Å². The van der Waals surface area contributed by atoms with Gasteiger partial charge in [0, 0.05) is 10.9 Å². The van der Waals surface area contributed by atoms with Gasteiger partial charge in [-0.2, -0.15) is 0 Å². The van der Waals surface area contributed by atoms with Crippen molar-refractivity contribution in [3.05, 3.63) is 22.4 Å². The van der Waals surface area contributed by atoms with Gasteiger partial charge in [-0.1, -0.05) is 40.7 Å². The van der Waals surface area contributed by atoms with Crippen molar-refractivity contribution in [1.29, 1.82) is 0 Å². The molecule has 1 aromatic heterocycles. The van der Waals surface area contributed by atoms with Crippen LogP contribution < -0.4 is 5.32 Å². The Labute approximate surface area is 104 Å². The lowest BCUT2D eigenvalue weighted by molar-refractivity contribution is 0.245. The zero-order valence-electron chi connectivity index (χ0n) is 11.2. The van der Waals surface area contributed by atoms with Crippen LogP contribution in [0.5, 0.6) is 0 Å². The average molecular weight is 239 g/mol. The molecular formula is C14H25NS. The Hall–Kier alpha value is -0.340. The molecule has 1 rings (SSSR count). The third-order valence-corrected chi connectivity index (χ3v) is 4.43. The van der Waals surface area contributed by atoms with Crippen molar-refractivity contribution in [1.82, 2.24) is 5.32 Å². The third-order valence-electron chi connectivity index (χ3n) is 3.44. The Morgan fingerprint density at radius 3 is 2.50 bits per heavy atom. The number of hydrogen-bond donors (Lipinski definition) is 1. The Kier molecular flexibility index (Phi) is 5.00. The second-order valence-corrected chi connectivity index (χ2v) is 6.63. The summed E-state index contributed by atoms with van der Waals surface area (Å²) in [5, 5.41) is 5.85. The smallest absolute Gasteiger partial charge is 0.0412 e. The lowest BCUT2D eigenvalue weighted by atomic mass is 9.82. The molecule has 1 aromatic rings. The summed E-state index contributed by atoms with van der Waals surface area (Å²) >= 11 is 1.85. The molecule has 0 saturated carbocycles. The summed E-state index contributed by atoms with van der Waals surface area (Å²) in [7, 11) is 0. The highest BCUT2D eigenvalue weighted by molar-refractivity contribution is 7.10. The van der Waals surface area contributed by atoms with E-state index in [1.54, 1.807) is 0 Å². The predicted octanol–water partition coefficient (Wildman–Crippen LogP) is 4.47. The molecule has 2 heteroatoms. The zero-order valence-corrected chi connectivity index (χ0v) is 12.0. The van der Waals surface area contributed by atoms with E-state index in [1.165, 1.54) is 4.88 Å². The number of nitrogens with one attached hydrogen (secondary N) is 1. The molecule has 0 aromatic carbocycles. The molecule has 1 N–H and O–H groups in total. The van der Waals surface area contributed by atoms with E-state index in [9.17, 15) is 0 Å². The molecule has 0 radical (unpaired) electrons. The van der Waals surface area contributed by atoms with Crippen LogP contribution in [0.1, 0.15) is 52.0 Å². The summed E-state index contributed by atoms with van der Waals surface area (Å²) in [6.07, 6.45) is 1.16.